The van der Waals surface area contributed by atoms with Gasteiger partial charge in [-0.2, -0.15) is 0 Å². The van der Waals surface area contributed by atoms with Crippen LogP contribution >= 0.6 is 23.4 Å². The van der Waals surface area contributed by atoms with Crippen LogP contribution in [0.1, 0.15) is 12.0 Å². The van der Waals surface area contributed by atoms with Crippen molar-refractivity contribution < 1.29 is 0 Å². The minimum absolute atomic E-state index is 0.851. The molecule has 0 aliphatic heterocycles. The maximum Gasteiger partial charge on any atom is 0.0435 e. The Labute approximate surface area is 95.2 Å². The Hall–Kier alpha value is -0.180. The Morgan fingerprint density at radius 2 is 2.21 bits per heavy atom. The van der Waals surface area contributed by atoms with Crippen LogP contribution in [-0.4, -0.2) is 19.3 Å². The summed E-state index contributed by atoms with van der Waals surface area (Å²) in [5.41, 5.74) is 1.16. The fourth-order valence-electron chi connectivity index (χ4n) is 1.15. The van der Waals surface area contributed by atoms with E-state index >= 15 is 0 Å². The molecular formula is C11H16ClNS. The summed E-state index contributed by atoms with van der Waals surface area (Å²) in [6.45, 7) is 3.12. The topological polar surface area (TPSA) is 12.0 Å². The van der Waals surface area contributed by atoms with E-state index in [1.54, 1.807) is 0 Å². The van der Waals surface area contributed by atoms with Gasteiger partial charge in [-0.3, -0.25) is 0 Å². The molecule has 0 heterocycles. The van der Waals surface area contributed by atoms with Gasteiger partial charge >= 0.3 is 0 Å². The number of rotatable bonds is 5. The molecule has 1 aromatic rings. The van der Waals surface area contributed by atoms with Crippen LogP contribution in [0.25, 0.3) is 0 Å². The van der Waals surface area contributed by atoms with Gasteiger partial charge in [-0.25, -0.2) is 0 Å². The standard InChI is InChI=1S/C11H16ClNS/c1-9-8-10(4-5-11(9)12)14-7-3-6-13-2/h4-5,8,13H,3,6-7H2,1-2H3. The Kier molecular flexibility index (Phi) is 5.38. The van der Waals surface area contributed by atoms with Crippen LogP contribution in [0.2, 0.25) is 5.02 Å². The molecule has 0 unspecified atom stereocenters. The zero-order valence-electron chi connectivity index (χ0n) is 8.64. The lowest BCUT2D eigenvalue weighted by Gasteiger charge is -2.03. The van der Waals surface area contributed by atoms with Crippen molar-refractivity contribution in [2.24, 2.45) is 0 Å². The number of hydrogen-bond acceptors (Lipinski definition) is 2. The summed E-state index contributed by atoms with van der Waals surface area (Å²) in [4.78, 5) is 1.31. The molecule has 1 N–H and O–H groups in total. The Morgan fingerprint density at radius 3 is 2.86 bits per heavy atom. The molecule has 0 aromatic heterocycles. The maximum atomic E-state index is 5.95. The number of aryl methyl sites for hydroxylation is 1. The van der Waals surface area contributed by atoms with E-state index in [-0.39, 0.29) is 0 Å². The van der Waals surface area contributed by atoms with E-state index in [4.69, 9.17) is 11.6 Å². The second-order valence-corrected chi connectivity index (χ2v) is 4.79. The third-order valence-corrected chi connectivity index (χ3v) is 3.47. The molecule has 0 spiro atoms. The highest BCUT2D eigenvalue weighted by Gasteiger charge is 1.97. The summed E-state index contributed by atoms with van der Waals surface area (Å²) in [6, 6.07) is 6.20. The SMILES string of the molecule is CNCCCSc1ccc(Cl)c(C)c1. The summed E-state index contributed by atoms with van der Waals surface area (Å²) >= 11 is 7.83. The van der Waals surface area contributed by atoms with Crippen LogP contribution in [0, 0.1) is 6.92 Å². The van der Waals surface area contributed by atoms with Gasteiger partial charge in [0.1, 0.15) is 0 Å². The van der Waals surface area contributed by atoms with Crippen molar-refractivity contribution in [3.63, 3.8) is 0 Å². The average Bonchev–Trinajstić information content (AvgIpc) is 2.18. The molecular weight excluding hydrogens is 214 g/mol. The summed E-state index contributed by atoms with van der Waals surface area (Å²) in [7, 11) is 1.98. The zero-order valence-corrected chi connectivity index (χ0v) is 10.2. The minimum atomic E-state index is 0.851. The Morgan fingerprint density at radius 1 is 1.43 bits per heavy atom. The highest BCUT2D eigenvalue weighted by Crippen LogP contribution is 2.24. The number of halogens is 1. The minimum Gasteiger partial charge on any atom is -0.320 e. The molecule has 14 heavy (non-hydrogen) atoms. The van der Waals surface area contributed by atoms with E-state index in [1.807, 2.05) is 31.8 Å². The number of benzene rings is 1. The third-order valence-electron chi connectivity index (χ3n) is 1.97. The molecule has 0 aliphatic rings. The van der Waals surface area contributed by atoms with E-state index in [1.165, 1.54) is 11.3 Å². The molecule has 0 bridgehead atoms. The van der Waals surface area contributed by atoms with Crippen LogP contribution in [0.4, 0.5) is 0 Å². The van der Waals surface area contributed by atoms with Crippen molar-refractivity contribution in [2.45, 2.75) is 18.2 Å². The summed E-state index contributed by atoms with van der Waals surface area (Å²) < 4.78 is 0. The Balaban J connectivity index is 2.39. The van der Waals surface area contributed by atoms with Crippen LogP contribution in [-0.2, 0) is 0 Å². The predicted molar refractivity (Wildman–Crippen MR) is 65.5 cm³/mol. The van der Waals surface area contributed by atoms with Gasteiger partial charge in [-0.1, -0.05) is 11.6 Å². The zero-order chi connectivity index (χ0) is 10.4. The van der Waals surface area contributed by atoms with Crippen LogP contribution in [0.3, 0.4) is 0 Å². The van der Waals surface area contributed by atoms with E-state index in [2.05, 4.69) is 17.4 Å². The van der Waals surface area contributed by atoms with Crippen molar-refractivity contribution in [1.29, 1.82) is 0 Å². The lowest BCUT2D eigenvalue weighted by molar-refractivity contribution is 0.778. The molecule has 0 atom stereocenters. The van der Waals surface area contributed by atoms with Crippen LogP contribution < -0.4 is 5.32 Å². The maximum absolute atomic E-state index is 5.95. The second-order valence-electron chi connectivity index (χ2n) is 3.22. The van der Waals surface area contributed by atoms with Gasteiger partial charge in [0.2, 0.25) is 0 Å². The van der Waals surface area contributed by atoms with Gasteiger partial charge in [0.15, 0.2) is 0 Å². The monoisotopic (exact) mass is 229 g/mol. The first-order chi connectivity index (χ1) is 6.74. The first-order valence-electron chi connectivity index (χ1n) is 4.77. The fourth-order valence-corrected chi connectivity index (χ4v) is 2.21. The summed E-state index contributed by atoms with van der Waals surface area (Å²) in [5.74, 6) is 1.15. The molecule has 0 saturated heterocycles. The van der Waals surface area contributed by atoms with Crippen molar-refractivity contribution in [1.82, 2.24) is 5.32 Å². The second kappa shape index (κ2) is 6.33. The number of nitrogens with one attached hydrogen (secondary N) is 1. The normalized spacial score (nSPS) is 10.5. The van der Waals surface area contributed by atoms with Crippen LogP contribution in [0.15, 0.2) is 23.1 Å². The van der Waals surface area contributed by atoms with Gasteiger partial charge in [0, 0.05) is 9.92 Å². The summed E-state index contributed by atoms with van der Waals surface area (Å²) in [5, 5.41) is 3.99. The lowest BCUT2D eigenvalue weighted by Crippen LogP contribution is -2.07. The smallest absolute Gasteiger partial charge is 0.0435 e. The molecule has 0 saturated carbocycles. The predicted octanol–water partition coefficient (Wildman–Crippen LogP) is 3.35. The first-order valence-corrected chi connectivity index (χ1v) is 6.14. The number of hydrogen-bond donors (Lipinski definition) is 1. The third kappa shape index (κ3) is 3.91. The first kappa shape index (κ1) is 11.9. The van der Waals surface area contributed by atoms with Crippen molar-refractivity contribution in [2.75, 3.05) is 19.3 Å². The van der Waals surface area contributed by atoms with E-state index in [0.29, 0.717) is 0 Å². The van der Waals surface area contributed by atoms with Gasteiger partial charge in [-0.05, 0) is 56.5 Å². The van der Waals surface area contributed by atoms with Gasteiger partial charge < -0.3 is 5.32 Å². The van der Waals surface area contributed by atoms with Crippen molar-refractivity contribution in [3.05, 3.63) is 28.8 Å². The molecule has 0 amide bonds. The average molecular weight is 230 g/mol. The largest absolute Gasteiger partial charge is 0.320 e. The highest BCUT2D eigenvalue weighted by atomic mass is 35.5. The molecule has 1 rings (SSSR count). The molecule has 0 fully saturated rings. The van der Waals surface area contributed by atoms with Crippen molar-refractivity contribution >= 4 is 23.4 Å². The molecule has 0 radical (unpaired) electrons. The molecule has 0 aliphatic carbocycles. The van der Waals surface area contributed by atoms with Gasteiger partial charge in [0.25, 0.3) is 0 Å². The van der Waals surface area contributed by atoms with Gasteiger partial charge in [-0.15, -0.1) is 11.8 Å². The molecule has 78 valence electrons. The van der Waals surface area contributed by atoms with Crippen LogP contribution in [0.5, 0.6) is 0 Å². The quantitative estimate of drug-likeness (QED) is 0.614. The van der Waals surface area contributed by atoms with E-state index in [0.717, 1.165) is 22.9 Å². The molecule has 3 heteroatoms. The lowest BCUT2D eigenvalue weighted by atomic mass is 10.2. The fraction of sp³-hybridized carbons (Fsp3) is 0.455. The van der Waals surface area contributed by atoms with Crippen molar-refractivity contribution in [3.8, 4) is 0 Å². The molecule has 1 nitrogen and oxygen atoms in total. The number of thioether (sulfide) groups is 1. The van der Waals surface area contributed by atoms with E-state index in [9.17, 15) is 0 Å². The Bertz CT molecular complexity index is 289. The van der Waals surface area contributed by atoms with E-state index < -0.39 is 0 Å². The van der Waals surface area contributed by atoms with Gasteiger partial charge in [0.05, 0.1) is 0 Å². The summed E-state index contributed by atoms with van der Waals surface area (Å²) in [6.07, 6.45) is 1.20. The highest BCUT2D eigenvalue weighted by molar-refractivity contribution is 7.99. The molecule has 1 aromatic carbocycles.